The van der Waals surface area contributed by atoms with E-state index in [1.165, 1.54) is 11.3 Å². The summed E-state index contributed by atoms with van der Waals surface area (Å²) >= 11 is 7.45. The van der Waals surface area contributed by atoms with E-state index in [1.54, 1.807) is 0 Å². The predicted octanol–water partition coefficient (Wildman–Crippen LogP) is 2.77. The standard InChI is InChI=1S/C13H19ClN2O2S.ClH/c1-2-10(11-3-4-12(14)19-11)16-13(17)7-9-8-18-6-5-15-9;/h3-4,9-10,15H,2,5-8H2,1H3,(H,16,17);1H. The monoisotopic (exact) mass is 338 g/mol. The first kappa shape index (κ1) is 17.7. The number of halogens is 2. The molecule has 0 aromatic carbocycles. The van der Waals surface area contributed by atoms with Crippen LogP contribution in [0.2, 0.25) is 4.34 Å². The van der Waals surface area contributed by atoms with Crippen molar-refractivity contribution in [2.75, 3.05) is 19.8 Å². The minimum absolute atomic E-state index is 0. The summed E-state index contributed by atoms with van der Waals surface area (Å²) in [5.74, 6) is 0.0550. The molecule has 1 aliphatic heterocycles. The molecular formula is C13H20Cl2N2O2S. The SMILES string of the molecule is CCC(NC(=O)CC1COCCN1)c1ccc(Cl)s1.Cl. The predicted molar refractivity (Wildman–Crippen MR) is 85.0 cm³/mol. The van der Waals surface area contributed by atoms with Crippen molar-refractivity contribution >= 4 is 41.3 Å². The van der Waals surface area contributed by atoms with Gasteiger partial charge in [-0.1, -0.05) is 18.5 Å². The fourth-order valence-electron chi connectivity index (χ4n) is 2.12. The average Bonchev–Trinajstić information content (AvgIpc) is 2.83. The number of rotatable bonds is 5. The fraction of sp³-hybridized carbons (Fsp3) is 0.615. The molecule has 20 heavy (non-hydrogen) atoms. The Hall–Kier alpha value is -0.330. The molecule has 1 saturated heterocycles. The van der Waals surface area contributed by atoms with Crippen LogP contribution in [-0.2, 0) is 9.53 Å². The van der Waals surface area contributed by atoms with Crippen LogP contribution in [-0.4, -0.2) is 31.7 Å². The van der Waals surface area contributed by atoms with E-state index in [0.29, 0.717) is 13.0 Å². The van der Waals surface area contributed by atoms with E-state index >= 15 is 0 Å². The van der Waals surface area contributed by atoms with Crippen LogP contribution in [0.1, 0.15) is 30.7 Å². The van der Waals surface area contributed by atoms with E-state index in [4.69, 9.17) is 16.3 Å². The van der Waals surface area contributed by atoms with Gasteiger partial charge in [-0.3, -0.25) is 4.79 Å². The number of hydrogen-bond acceptors (Lipinski definition) is 4. The van der Waals surface area contributed by atoms with Crippen molar-refractivity contribution in [2.45, 2.75) is 31.8 Å². The number of nitrogens with one attached hydrogen (secondary N) is 2. The summed E-state index contributed by atoms with van der Waals surface area (Å²) in [5.41, 5.74) is 0. The maximum Gasteiger partial charge on any atom is 0.222 e. The van der Waals surface area contributed by atoms with Gasteiger partial charge in [-0.2, -0.15) is 0 Å². The molecule has 1 fully saturated rings. The molecule has 2 rings (SSSR count). The molecule has 0 aliphatic carbocycles. The molecule has 0 bridgehead atoms. The lowest BCUT2D eigenvalue weighted by Crippen LogP contribution is -2.44. The third kappa shape index (κ3) is 5.22. The van der Waals surface area contributed by atoms with Crippen LogP contribution < -0.4 is 10.6 Å². The largest absolute Gasteiger partial charge is 0.378 e. The Bertz CT molecular complexity index is 422. The number of amides is 1. The summed E-state index contributed by atoms with van der Waals surface area (Å²) in [7, 11) is 0. The maximum absolute atomic E-state index is 12.0. The second-order valence-corrected chi connectivity index (χ2v) is 6.35. The number of hydrogen-bond donors (Lipinski definition) is 2. The van der Waals surface area contributed by atoms with Crippen LogP contribution in [0.5, 0.6) is 0 Å². The number of morpholine rings is 1. The van der Waals surface area contributed by atoms with E-state index in [-0.39, 0.29) is 30.4 Å². The average molecular weight is 339 g/mol. The van der Waals surface area contributed by atoms with Crippen molar-refractivity contribution in [3.05, 3.63) is 21.3 Å². The minimum Gasteiger partial charge on any atom is -0.378 e. The van der Waals surface area contributed by atoms with Crippen LogP contribution in [0, 0.1) is 0 Å². The van der Waals surface area contributed by atoms with Gasteiger partial charge in [-0.05, 0) is 18.6 Å². The number of thiophene rings is 1. The van der Waals surface area contributed by atoms with Crippen molar-refractivity contribution < 1.29 is 9.53 Å². The topological polar surface area (TPSA) is 50.4 Å². The number of ether oxygens (including phenoxy) is 1. The molecule has 2 N–H and O–H groups in total. The molecule has 1 amide bonds. The summed E-state index contributed by atoms with van der Waals surface area (Å²) in [6.45, 7) is 4.20. The molecule has 1 aromatic rings. The van der Waals surface area contributed by atoms with Crippen molar-refractivity contribution in [1.82, 2.24) is 10.6 Å². The molecule has 2 heterocycles. The zero-order valence-electron chi connectivity index (χ0n) is 11.4. The first-order chi connectivity index (χ1) is 9.19. The van der Waals surface area contributed by atoms with Gasteiger partial charge in [0.1, 0.15) is 0 Å². The van der Waals surface area contributed by atoms with Gasteiger partial charge in [0.15, 0.2) is 0 Å². The van der Waals surface area contributed by atoms with E-state index in [9.17, 15) is 4.79 Å². The van der Waals surface area contributed by atoms with Crippen molar-refractivity contribution in [3.63, 3.8) is 0 Å². The zero-order valence-corrected chi connectivity index (χ0v) is 13.7. The second kappa shape index (κ2) is 8.85. The Morgan fingerprint density at radius 1 is 1.65 bits per heavy atom. The van der Waals surface area contributed by atoms with Crippen LogP contribution >= 0.6 is 35.3 Å². The summed E-state index contributed by atoms with van der Waals surface area (Å²) in [6, 6.07) is 4.02. The highest BCUT2D eigenvalue weighted by atomic mass is 35.5. The highest BCUT2D eigenvalue weighted by Gasteiger charge is 2.20. The van der Waals surface area contributed by atoms with E-state index in [1.807, 2.05) is 12.1 Å². The first-order valence-electron chi connectivity index (χ1n) is 6.54. The molecule has 2 atom stereocenters. The Labute approximate surface area is 134 Å². The normalized spacial score (nSPS) is 20.0. The maximum atomic E-state index is 12.0. The third-order valence-corrected chi connectivity index (χ3v) is 4.46. The summed E-state index contributed by atoms with van der Waals surface area (Å²) in [4.78, 5) is 13.1. The van der Waals surface area contributed by atoms with Crippen molar-refractivity contribution in [3.8, 4) is 0 Å². The lowest BCUT2D eigenvalue weighted by Gasteiger charge is -2.24. The molecule has 1 aromatic heterocycles. The zero-order chi connectivity index (χ0) is 13.7. The Morgan fingerprint density at radius 2 is 2.45 bits per heavy atom. The van der Waals surface area contributed by atoms with Crippen LogP contribution in [0.25, 0.3) is 0 Å². The number of carbonyl (C=O) groups excluding carboxylic acids is 1. The molecule has 0 radical (unpaired) electrons. The van der Waals surface area contributed by atoms with Crippen molar-refractivity contribution in [2.24, 2.45) is 0 Å². The molecular weight excluding hydrogens is 319 g/mol. The first-order valence-corrected chi connectivity index (χ1v) is 7.74. The van der Waals surface area contributed by atoms with Crippen LogP contribution in [0.15, 0.2) is 12.1 Å². The molecule has 1 aliphatic rings. The van der Waals surface area contributed by atoms with Gasteiger partial charge in [-0.25, -0.2) is 0 Å². The Balaban J connectivity index is 0.00000200. The van der Waals surface area contributed by atoms with Crippen LogP contribution in [0.4, 0.5) is 0 Å². The Morgan fingerprint density at radius 3 is 3.00 bits per heavy atom. The van der Waals surface area contributed by atoms with Crippen molar-refractivity contribution in [1.29, 1.82) is 0 Å². The van der Waals surface area contributed by atoms with Gasteiger partial charge < -0.3 is 15.4 Å². The van der Waals surface area contributed by atoms with Gasteiger partial charge in [0.2, 0.25) is 5.91 Å². The summed E-state index contributed by atoms with van der Waals surface area (Å²) in [6.07, 6.45) is 1.31. The molecule has 2 unspecified atom stereocenters. The molecule has 7 heteroatoms. The fourth-order valence-corrected chi connectivity index (χ4v) is 3.31. The molecule has 0 spiro atoms. The van der Waals surface area contributed by atoms with Gasteiger partial charge >= 0.3 is 0 Å². The third-order valence-electron chi connectivity index (χ3n) is 3.11. The van der Waals surface area contributed by atoms with Gasteiger partial charge in [-0.15, -0.1) is 23.7 Å². The van der Waals surface area contributed by atoms with Gasteiger partial charge in [0.25, 0.3) is 0 Å². The van der Waals surface area contributed by atoms with E-state index < -0.39 is 0 Å². The van der Waals surface area contributed by atoms with Gasteiger partial charge in [0, 0.05) is 23.9 Å². The van der Waals surface area contributed by atoms with Gasteiger partial charge in [0.05, 0.1) is 23.6 Å². The number of carbonyl (C=O) groups is 1. The summed E-state index contributed by atoms with van der Waals surface area (Å²) in [5, 5.41) is 6.34. The minimum atomic E-state index is 0. The van der Waals surface area contributed by atoms with E-state index in [2.05, 4.69) is 17.6 Å². The highest BCUT2D eigenvalue weighted by molar-refractivity contribution is 7.16. The molecule has 114 valence electrons. The van der Waals surface area contributed by atoms with E-state index in [0.717, 1.165) is 28.8 Å². The van der Waals surface area contributed by atoms with Crippen LogP contribution in [0.3, 0.4) is 0 Å². The lowest BCUT2D eigenvalue weighted by atomic mass is 10.1. The molecule has 0 saturated carbocycles. The smallest absolute Gasteiger partial charge is 0.222 e. The Kier molecular flexibility index (Phi) is 7.84. The second-order valence-electron chi connectivity index (χ2n) is 4.60. The lowest BCUT2D eigenvalue weighted by molar-refractivity contribution is -0.123. The highest BCUT2D eigenvalue weighted by Crippen LogP contribution is 2.28. The molecule has 4 nitrogen and oxygen atoms in total. The summed E-state index contributed by atoms with van der Waals surface area (Å²) < 4.78 is 6.10. The quantitative estimate of drug-likeness (QED) is 0.867.